The topological polar surface area (TPSA) is 72.9 Å². The van der Waals surface area contributed by atoms with Crippen LogP contribution >= 0.6 is 0 Å². The molecule has 1 aromatic carbocycles. The molecule has 0 aromatic heterocycles. The van der Waals surface area contributed by atoms with Gasteiger partial charge >= 0.3 is 6.09 Å². The second-order valence-electron chi connectivity index (χ2n) is 4.49. The third-order valence-corrected chi connectivity index (χ3v) is 4.70. The average Bonchev–Trinajstić information content (AvgIpc) is 2.81. The first-order chi connectivity index (χ1) is 9.96. The smallest absolute Gasteiger partial charge is 0.428 e. The summed E-state index contributed by atoms with van der Waals surface area (Å²) in [6.45, 7) is 4.34. The van der Waals surface area contributed by atoms with E-state index in [1.165, 1.54) is 12.1 Å². The zero-order chi connectivity index (χ0) is 15.5. The van der Waals surface area contributed by atoms with E-state index in [1.54, 1.807) is 18.2 Å². The molecule has 1 aliphatic heterocycles. The lowest BCUT2D eigenvalue weighted by molar-refractivity contribution is 0.170. The molecular weight excluding hydrogens is 294 g/mol. The minimum absolute atomic E-state index is 0.0502. The van der Waals surface area contributed by atoms with Crippen molar-refractivity contribution in [3.63, 3.8) is 0 Å². The number of amides is 1. The molecule has 7 heteroatoms. The van der Waals surface area contributed by atoms with Crippen LogP contribution in [0.4, 0.5) is 4.79 Å². The molecule has 0 spiro atoms. The molecule has 114 valence electrons. The van der Waals surface area contributed by atoms with E-state index in [9.17, 15) is 13.2 Å². The van der Waals surface area contributed by atoms with Gasteiger partial charge < -0.3 is 9.47 Å². The highest BCUT2D eigenvalue weighted by Gasteiger charge is 2.38. The van der Waals surface area contributed by atoms with Crippen molar-refractivity contribution in [3.8, 4) is 0 Å². The maximum absolute atomic E-state index is 12.5. The van der Waals surface area contributed by atoms with Crippen molar-refractivity contribution in [3.05, 3.63) is 41.6 Å². The summed E-state index contributed by atoms with van der Waals surface area (Å²) >= 11 is 0. The Labute approximate surface area is 124 Å². The van der Waals surface area contributed by atoms with Gasteiger partial charge in [0.25, 0.3) is 10.0 Å². The van der Waals surface area contributed by atoms with Crippen LogP contribution < -0.4 is 0 Å². The van der Waals surface area contributed by atoms with Gasteiger partial charge in [-0.2, -0.15) is 4.31 Å². The van der Waals surface area contributed by atoms with Crippen molar-refractivity contribution in [1.82, 2.24) is 4.31 Å². The Morgan fingerprint density at radius 3 is 2.62 bits per heavy atom. The molecule has 1 fully saturated rings. The monoisotopic (exact) mass is 311 g/mol. The fraction of sp³-hybridized carbons (Fsp3) is 0.357. The quantitative estimate of drug-likeness (QED) is 0.778. The van der Waals surface area contributed by atoms with Crippen molar-refractivity contribution in [2.24, 2.45) is 0 Å². The van der Waals surface area contributed by atoms with Gasteiger partial charge in [-0.15, -0.1) is 0 Å². The molecule has 0 N–H and O–H groups in total. The van der Waals surface area contributed by atoms with E-state index in [1.807, 2.05) is 13.8 Å². The van der Waals surface area contributed by atoms with Gasteiger partial charge in [0, 0.05) is 6.61 Å². The molecule has 21 heavy (non-hydrogen) atoms. The SMILES string of the molecule is CCOC/C=C1\COC(=O)N1S(=O)(=O)c1ccc(C)cc1. The molecule has 0 atom stereocenters. The lowest BCUT2D eigenvalue weighted by Gasteiger charge is -2.15. The van der Waals surface area contributed by atoms with E-state index >= 15 is 0 Å². The number of sulfonamides is 1. The third kappa shape index (κ3) is 3.25. The van der Waals surface area contributed by atoms with Gasteiger partial charge in [-0.05, 0) is 32.1 Å². The highest BCUT2D eigenvalue weighted by molar-refractivity contribution is 7.89. The van der Waals surface area contributed by atoms with Gasteiger partial charge in [0.2, 0.25) is 0 Å². The van der Waals surface area contributed by atoms with Gasteiger partial charge in [-0.1, -0.05) is 17.7 Å². The summed E-state index contributed by atoms with van der Waals surface area (Å²) < 4.78 is 35.7. The molecule has 0 aliphatic carbocycles. The zero-order valence-electron chi connectivity index (χ0n) is 11.9. The summed E-state index contributed by atoms with van der Waals surface area (Å²) in [7, 11) is -3.96. The minimum atomic E-state index is -3.96. The normalized spacial score (nSPS) is 17.3. The number of hydrogen-bond acceptors (Lipinski definition) is 5. The fourth-order valence-electron chi connectivity index (χ4n) is 1.85. The van der Waals surface area contributed by atoms with E-state index in [0.717, 1.165) is 5.56 Å². The van der Waals surface area contributed by atoms with Gasteiger partial charge in [-0.3, -0.25) is 0 Å². The summed E-state index contributed by atoms with van der Waals surface area (Å²) in [5, 5.41) is 0. The van der Waals surface area contributed by atoms with Crippen LogP contribution in [0, 0.1) is 6.92 Å². The van der Waals surface area contributed by atoms with Crippen LogP contribution in [0.5, 0.6) is 0 Å². The fourth-order valence-corrected chi connectivity index (χ4v) is 3.23. The van der Waals surface area contributed by atoms with Crippen molar-refractivity contribution in [2.75, 3.05) is 19.8 Å². The van der Waals surface area contributed by atoms with Crippen molar-refractivity contribution < 1.29 is 22.7 Å². The zero-order valence-corrected chi connectivity index (χ0v) is 12.7. The Bertz CT molecular complexity index is 648. The average molecular weight is 311 g/mol. The second-order valence-corrected chi connectivity index (χ2v) is 6.28. The molecule has 1 aliphatic rings. The Morgan fingerprint density at radius 1 is 1.33 bits per heavy atom. The predicted octanol–water partition coefficient (Wildman–Crippen LogP) is 2.06. The first-order valence-electron chi connectivity index (χ1n) is 6.52. The van der Waals surface area contributed by atoms with Crippen LogP contribution in [0.2, 0.25) is 0 Å². The highest BCUT2D eigenvalue weighted by atomic mass is 32.2. The number of aryl methyl sites for hydroxylation is 1. The van der Waals surface area contributed by atoms with Gasteiger partial charge in [0.05, 0.1) is 17.2 Å². The second kappa shape index (κ2) is 6.28. The van der Waals surface area contributed by atoms with Crippen LogP contribution in [-0.2, 0) is 19.5 Å². The number of cyclic esters (lactones) is 1. The molecule has 1 saturated heterocycles. The Hall–Kier alpha value is -1.86. The molecule has 0 unspecified atom stereocenters. The highest BCUT2D eigenvalue weighted by Crippen LogP contribution is 2.26. The maximum atomic E-state index is 12.5. The maximum Gasteiger partial charge on any atom is 0.428 e. The van der Waals surface area contributed by atoms with Gasteiger partial charge in [0.1, 0.15) is 6.61 Å². The number of carbonyl (C=O) groups excluding carboxylic acids is 1. The lowest BCUT2D eigenvalue weighted by Crippen LogP contribution is -2.30. The van der Waals surface area contributed by atoms with E-state index < -0.39 is 16.1 Å². The number of nitrogens with zero attached hydrogens (tertiary/aromatic N) is 1. The van der Waals surface area contributed by atoms with Crippen molar-refractivity contribution in [2.45, 2.75) is 18.7 Å². The first kappa shape index (κ1) is 15.5. The standard InChI is InChI=1S/C14H17NO5S/c1-3-19-9-8-12-10-20-14(16)15(12)21(17,18)13-6-4-11(2)5-7-13/h4-8H,3,9-10H2,1-2H3/b12-8+. The minimum Gasteiger partial charge on any atom is -0.442 e. The summed E-state index contributed by atoms with van der Waals surface area (Å²) in [6, 6.07) is 6.29. The number of hydrogen-bond donors (Lipinski definition) is 0. The van der Waals surface area contributed by atoms with Crippen LogP contribution in [0.1, 0.15) is 12.5 Å². The largest absolute Gasteiger partial charge is 0.442 e. The van der Waals surface area contributed by atoms with Crippen LogP contribution in [0.15, 0.2) is 40.9 Å². The van der Waals surface area contributed by atoms with E-state index in [4.69, 9.17) is 9.47 Å². The number of benzene rings is 1. The van der Waals surface area contributed by atoms with Crippen LogP contribution in [0.3, 0.4) is 0 Å². The molecule has 2 rings (SSSR count). The molecule has 6 nitrogen and oxygen atoms in total. The summed E-state index contributed by atoms with van der Waals surface area (Å²) in [6.07, 6.45) is 0.651. The number of rotatable bonds is 5. The molecule has 0 bridgehead atoms. The van der Waals surface area contributed by atoms with Gasteiger partial charge in [-0.25, -0.2) is 13.2 Å². The van der Waals surface area contributed by atoms with Crippen LogP contribution in [-0.4, -0.2) is 38.6 Å². The van der Waals surface area contributed by atoms with E-state index in [-0.39, 0.29) is 23.8 Å². The van der Waals surface area contributed by atoms with Gasteiger partial charge in [0.15, 0.2) is 0 Å². The Balaban J connectivity index is 2.34. The molecule has 1 amide bonds. The molecule has 1 heterocycles. The molecule has 0 radical (unpaired) electrons. The first-order valence-corrected chi connectivity index (χ1v) is 7.96. The van der Waals surface area contributed by atoms with Crippen molar-refractivity contribution >= 4 is 16.1 Å². The lowest BCUT2D eigenvalue weighted by atomic mass is 10.2. The molecule has 1 aromatic rings. The number of carbonyl (C=O) groups is 1. The summed E-state index contributed by atoms with van der Waals surface area (Å²) in [5.74, 6) is 0. The molecular formula is C14H17NO5S. The predicted molar refractivity (Wildman–Crippen MR) is 76.1 cm³/mol. The molecule has 0 saturated carbocycles. The van der Waals surface area contributed by atoms with E-state index in [2.05, 4.69) is 0 Å². The third-order valence-electron chi connectivity index (χ3n) is 2.97. The number of ether oxygens (including phenoxy) is 2. The summed E-state index contributed by atoms with van der Waals surface area (Å²) in [4.78, 5) is 11.8. The Kier molecular flexibility index (Phi) is 4.64. The van der Waals surface area contributed by atoms with Crippen LogP contribution in [0.25, 0.3) is 0 Å². The van der Waals surface area contributed by atoms with Crippen molar-refractivity contribution in [1.29, 1.82) is 0 Å². The van der Waals surface area contributed by atoms with E-state index in [0.29, 0.717) is 10.9 Å². The summed E-state index contributed by atoms with van der Waals surface area (Å²) in [5.41, 5.74) is 1.21. The Morgan fingerprint density at radius 2 is 2.00 bits per heavy atom.